The maximum atomic E-state index is 13.0. The Morgan fingerprint density at radius 2 is 1.48 bits per heavy atom. The van der Waals surface area contributed by atoms with Crippen LogP contribution in [0.15, 0.2) is 78.9 Å². The molecule has 3 aliphatic rings. The number of halogens is 3. The molecule has 0 saturated carbocycles. The monoisotopic (exact) mass is 666 g/mol. The minimum atomic E-state index is -5.03. The van der Waals surface area contributed by atoms with Gasteiger partial charge in [-0.3, -0.25) is 19.4 Å². The largest absolute Gasteiger partial charge is 0.471 e. The molecule has 3 saturated heterocycles. The lowest BCUT2D eigenvalue weighted by Gasteiger charge is -2.40. The molecule has 9 nitrogen and oxygen atoms in total. The third-order valence-electron chi connectivity index (χ3n) is 9.30. The van der Waals surface area contributed by atoms with E-state index >= 15 is 0 Å². The first-order chi connectivity index (χ1) is 23.2. The number of nitrogens with zero attached hydrogens (tertiary/aromatic N) is 3. The zero-order chi connectivity index (χ0) is 33.7. The summed E-state index contributed by atoms with van der Waals surface area (Å²) in [5, 5.41) is 12.2. The summed E-state index contributed by atoms with van der Waals surface area (Å²) in [7, 11) is 0. The molecule has 0 radical (unpaired) electrons. The SMILES string of the molecule is O=C(Nc1ccc([C@@H]2O[C@H](CN3CCN(Cc4ccccc4)CC3)C[C@H](c3ccc(CO)cc3)O2)cc1)[C@@H]1CCCN1C(=O)C(F)(F)F. The highest BCUT2D eigenvalue weighted by Gasteiger charge is 2.47. The average Bonchev–Trinajstić information content (AvgIpc) is 3.59. The highest BCUT2D eigenvalue weighted by atomic mass is 19.4. The van der Waals surface area contributed by atoms with Crippen molar-refractivity contribution < 1.29 is 37.3 Å². The van der Waals surface area contributed by atoms with E-state index < -0.39 is 30.3 Å². The summed E-state index contributed by atoms with van der Waals surface area (Å²) >= 11 is 0. The number of piperazine rings is 1. The summed E-state index contributed by atoms with van der Waals surface area (Å²) in [5.74, 6) is -2.65. The smallest absolute Gasteiger partial charge is 0.392 e. The van der Waals surface area contributed by atoms with Gasteiger partial charge in [-0.2, -0.15) is 13.2 Å². The van der Waals surface area contributed by atoms with Crippen LogP contribution in [0.3, 0.4) is 0 Å². The Balaban J connectivity index is 1.10. The minimum absolute atomic E-state index is 0.0449. The van der Waals surface area contributed by atoms with E-state index in [4.69, 9.17) is 9.47 Å². The molecular formula is C36H41F3N4O5. The Kier molecular flexibility index (Phi) is 10.8. The summed E-state index contributed by atoms with van der Waals surface area (Å²) in [6.45, 7) is 5.29. The standard InChI is InChI=1S/C36H41F3N4O5/c37-36(38,39)35(46)43-16-4-7-31(43)33(45)40-29-14-12-28(13-15-29)34-47-30(21-32(48-34)27-10-8-26(24-44)9-11-27)23-42-19-17-41(18-20-42)22-25-5-2-1-3-6-25/h1-3,5-6,8-15,30-32,34,44H,4,7,16-24H2,(H,40,45)/t30-,31-,32+,34+/m0/s1. The number of anilines is 1. The van der Waals surface area contributed by atoms with Crippen LogP contribution in [0.25, 0.3) is 0 Å². The summed E-state index contributed by atoms with van der Waals surface area (Å²) < 4.78 is 52.1. The zero-order valence-corrected chi connectivity index (χ0v) is 26.6. The first kappa shape index (κ1) is 34.1. The number of carbonyl (C=O) groups is 2. The van der Waals surface area contributed by atoms with Crippen molar-refractivity contribution in [2.45, 2.75) is 63.1 Å². The van der Waals surface area contributed by atoms with Crippen LogP contribution in [0, 0.1) is 0 Å². The zero-order valence-electron chi connectivity index (χ0n) is 26.6. The lowest BCUT2D eigenvalue weighted by Crippen LogP contribution is -2.49. The van der Waals surface area contributed by atoms with Gasteiger partial charge in [-0.25, -0.2) is 0 Å². The molecule has 3 aromatic rings. The Bertz CT molecular complexity index is 1520. The summed E-state index contributed by atoms with van der Waals surface area (Å²) in [6.07, 6.45) is -4.95. The first-order valence-corrected chi connectivity index (χ1v) is 16.4. The first-order valence-electron chi connectivity index (χ1n) is 16.4. The van der Waals surface area contributed by atoms with Crippen molar-refractivity contribution in [3.8, 4) is 0 Å². The van der Waals surface area contributed by atoms with Crippen LogP contribution in [0.1, 0.15) is 53.9 Å². The molecule has 3 aliphatic heterocycles. The molecule has 48 heavy (non-hydrogen) atoms. The second-order valence-electron chi connectivity index (χ2n) is 12.7. The van der Waals surface area contributed by atoms with E-state index in [2.05, 4.69) is 39.4 Å². The normalized spacial score (nSPS) is 24.0. The van der Waals surface area contributed by atoms with Gasteiger partial charge in [-0.05, 0) is 41.7 Å². The molecule has 0 aromatic heterocycles. The number of benzene rings is 3. The van der Waals surface area contributed by atoms with Gasteiger partial charge in [0.1, 0.15) is 6.04 Å². The quantitative estimate of drug-likeness (QED) is 0.331. The Labute approximate surface area is 278 Å². The van der Waals surface area contributed by atoms with Gasteiger partial charge in [0.25, 0.3) is 0 Å². The van der Waals surface area contributed by atoms with Gasteiger partial charge in [0.05, 0.1) is 18.8 Å². The fourth-order valence-electron chi connectivity index (χ4n) is 6.69. The molecule has 3 heterocycles. The number of rotatable bonds is 9. The van der Waals surface area contributed by atoms with Gasteiger partial charge in [0.2, 0.25) is 5.91 Å². The Morgan fingerprint density at radius 3 is 2.15 bits per heavy atom. The number of aliphatic hydroxyl groups is 1. The minimum Gasteiger partial charge on any atom is -0.392 e. The molecule has 6 rings (SSSR count). The van der Waals surface area contributed by atoms with E-state index in [-0.39, 0.29) is 31.8 Å². The topological polar surface area (TPSA) is 94.6 Å². The fraction of sp³-hybridized carbons (Fsp3) is 0.444. The predicted octanol–water partition coefficient (Wildman–Crippen LogP) is 5.03. The van der Waals surface area contributed by atoms with Gasteiger partial charge in [-0.15, -0.1) is 0 Å². The summed E-state index contributed by atoms with van der Waals surface area (Å²) in [4.78, 5) is 30.2. The number of carbonyl (C=O) groups excluding carboxylic acids is 2. The van der Waals surface area contributed by atoms with Crippen molar-refractivity contribution in [1.82, 2.24) is 14.7 Å². The number of nitrogens with one attached hydrogen (secondary N) is 1. The van der Waals surface area contributed by atoms with Gasteiger partial charge in [-0.1, -0.05) is 66.7 Å². The Hall–Kier alpha value is -3.81. The molecule has 4 atom stereocenters. The van der Waals surface area contributed by atoms with Crippen LogP contribution in [-0.2, 0) is 32.2 Å². The van der Waals surface area contributed by atoms with Crippen molar-refractivity contribution >= 4 is 17.5 Å². The number of aliphatic hydroxyl groups excluding tert-OH is 1. The molecule has 0 unspecified atom stereocenters. The van der Waals surface area contributed by atoms with Crippen LogP contribution in [0.4, 0.5) is 18.9 Å². The van der Waals surface area contributed by atoms with Gasteiger partial charge in [0.15, 0.2) is 6.29 Å². The second-order valence-corrected chi connectivity index (χ2v) is 12.7. The maximum absolute atomic E-state index is 13.0. The van der Waals surface area contributed by atoms with Crippen LogP contribution < -0.4 is 5.32 Å². The Morgan fingerprint density at radius 1 is 0.812 bits per heavy atom. The lowest BCUT2D eigenvalue weighted by atomic mass is 9.99. The van der Waals surface area contributed by atoms with E-state index in [9.17, 15) is 27.9 Å². The number of hydrogen-bond acceptors (Lipinski definition) is 7. The number of ether oxygens (including phenoxy) is 2. The molecule has 3 aromatic carbocycles. The molecule has 0 aliphatic carbocycles. The number of likely N-dealkylation sites (tertiary alicyclic amines) is 1. The maximum Gasteiger partial charge on any atom is 0.471 e. The number of hydrogen-bond donors (Lipinski definition) is 2. The molecule has 12 heteroatoms. The highest BCUT2D eigenvalue weighted by Crippen LogP contribution is 2.38. The molecule has 3 fully saturated rings. The fourth-order valence-corrected chi connectivity index (χ4v) is 6.69. The molecule has 2 amide bonds. The third-order valence-corrected chi connectivity index (χ3v) is 9.30. The van der Waals surface area contributed by atoms with E-state index in [0.717, 1.165) is 56.0 Å². The van der Waals surface area contributed by atoms with E-state index in [1.807, 2.05) is 30.3 Å². The van der Waals surface area contributed by atoms with Crippen molar-refractivity contribution in [1.29, 1.82) is 0 Å². The van der Waals surface area contributed by atoms with Crippen molar-refractivity contribution in [3.63, 3.8) is 0 Å². The van der Waals surface area contributed by atoms with Crippen molar-refractivity contribution in [2.24, 2.45) is 0 Å². The van der Waals surface area contributed by atoms with Crippen molar-refractivity contribution in [3.05, 3.63) is 101 Å². The van der Waals surface area contributed by atoms with E-state index in [1.165, 1.54) is 5.56 Å². The molecular weight excluding hydrogens is 625 g/mol. The third kappa shape index (κ3) is 8.42. The van der Waals surface area contributed by atoms with Gasteiger partial charge in [0, 0.05) is 63.5 Å². The summed E-state index contributed by atoms with van der Waals surface area (Å²) in [6, 6.07) is 23.8. The number of amides is 2. The van der Waals surface area contributed by atoms with Crippen LogP contribution in [0.2, 0.25) is 0 Å². The van der Waals surface area contributed by atoms with E-state index in [0.29, 0.717) is 23.4 Å². The second kappa shape index (κ2) is 15.2. The summed E-state index contributed by atoms with van der Waals surface area (Å²) in [5.41, 5.74) is 4.23. The molecule has 2 N–H and O–H groups in total. The average molecular weight is 667 g/mol. The predicted molar refractivity (Wildman–Crippen MR) is 172 cm³/mol. The molecule has 256 valence electrons. The van der Waals surface area contributed by atoms with Crippen LogP contribution in [-0.4, -0.2) is 89.2 Å². The van der Waals surface area contributed by atoms with E-state index in [1.54, 1.807) is 24.3 Å². The number of alkyl halides is 3. The van der Waals surface area contributed by atoms with Gasteiger partial charge < -0.3 is 24.8 Å². The lowest BCUT2D eigenvalue weighted by molar-refractivity contribution is -0.253. The van der Waals surface area contributed by atoms with Crippen LogP contribution in [0.5, 0.6) is 0 Å². The van der Waals surface area contributed by atoms with Crippen LogP contribution >= 0.6 is 0 Å². The van der Waals surface area contributed by atoms with Crippen molar-refractivity contribution in [2.75, 3.05) is 44.6 Å². The molecule has 0 spiro atoms. The van der Waals surface area contributed by atoms with Gasteiger partial charge >= 0.3 is 12.1 Å². The molecule has 0 bridgehead atoms. The highest BCUT2D eigenvalue weighted by molar-refractivity contribution is 5.98.